The monoisotopic (exact) mass is 322 g/mol. The second-order valence-corrected chi connectivity index (χ2v) is 6.68. The van der Waals surface area contributed by atoms with Crippen molar-refractivity contribution in [3.8, 4) is 0 Å². The molecule has 1 aliphatic carbocycles. The Bertz CT molecular complexity index is 519. The SMILES string of the molecule is O=C(COCc1ccccc1Cl)NCC1CCN(C2CC2)C1. The Labute approximate surface area is 136 Å². The summed E-state index contributed by atoms with van der Waals surface area (Å²) in [6.45, 7) is 3.54. The highest BCUT2D eigenvalue weighted by Crippen LogP contribution is 2.31. The predicted octanol–water partition coefficient (Wildman–Crippen LogP) is 2.46. The highest BCUT2D eigenvalue weighted by Gasteiger charge is 2.34. The molecule has 1 saturated carbocycles. The predicted molar refractivity (Wildman–Crippen MR) is 86.8 cm³/mol. The Morgan fingerprint density at radius 1 is 1.32 bits per heavy atom. The molecule has 1 unspecified atom stereocenters. The van der Waals surface area contributed by atoms with Gasteiger partial charge < -0.3 is 15.0 Å². The molecule has 0 bridgehead atoms. The number of hydrogen-bond donors (Lipinski definition) is 1. The normalized spacial score (nSPS) is 22.0. The largest absolute Gasteiger partial charge is 0.367 e. The number of amides is 1. The average Bonchev–Trinajstić information content (AvgIpc) is 3.26. The molecule has 0 radical (unpaired) electrons. The molecular formula is C17H23ClN2O2. The quantitative estimate of drug-likeness (QED) is 0.838. The molecule has 0 aromatic heterocycles. The standard InChI is InChI=1S/C17H23ClN2O2/c18-16-4-2-1-3-14(16)11-22-12-17(21)19-9-13-7-8-20(10-13)15-5-6-15/h1-4,13,15H,5-12H2,(H,19,21). The maximum absolute atomic E-state index is 11.8. The number of halogens is 1. The first-order valence-corrected chi connectivity index (χ1v) is 8.42. The Hall–Kier alpha value is -1.10. The van der Waals surface area contributed by atoms with Gasteiger partial charge in [-0.1, -0.05) is 29.8 Å². The second kappa shape index (κ2) is 7.44. The van der Waals surface area contributed by atoms with Crippen LogP contribution in [-0.2, 0) is 16.1 Å². The van der Waals surface area contributed by atoms with Crippen LogP contribution in [0.3, 0.4) is 0 Å². The molecule has 5 heteroatoms. The van der Waals surface area contributed by atoms with E-state index in [1.165, 1.54) is 25.8 Å². The first-order chi connectivity index (χ1) is 10.7. The fourth-order valence-electron chi connectivity index (χ4n) is 2.98. The van der Waals surface area contributed by atoms with Crippen molar-refractivity contribution in [1.82, 2.24) is 10.2 Å². The van der Waals surface area contributed by atoms with Crippen LogP contribution in [0.4, 0.5) is 0 Å². The van der Waals surface area contributed by atoms with Crippen LogP contribution in [0.2, 0.25) is 5.02 Å². The number of rotatable bonds is 7. The molecule has 4 nitrogen and oxygen atoms in total. The third-order valence-electron chi connectivity index (χ3n) is 4.42. The molecule has 1 atom stereocenters. The average molecular weight is 323 g/mol. The molecule has 0 spiro atoms. The number of carbonyl (C=O) groups excluding carboxylic acids is 1. The van der Waals surface area contributed by atoms with Crippen molar-refractivity contribution in [2.75, 3.05) is 26.2 Å². The van der Waals surface area contributed by atoms with Gasteiger partial charge in [-0.3, -0.25) is 4.79 Å². The van der Waals surface area contributed by atoms with E-state index in [1.54, 1.807) is 0 Å². The number of hydrogen-bond acceptors (Lipinski definition) is 3. The minimum absolute atomic E-state index is 0.0445. The molecule has 2 fully saturated rings. The van der Waals surface area contributed by atoms with Gasteiger partial charge in [-0.2, -0.15) is 0 Å². The molecule has 120 valence electrons. The van der Waals surface area contributed by atoms with Crippen molar-refractivity contribution < 1.29 is 9.53 Å². The van der Waals surface area contributed by atoms with E-state index in [2.05, 4.69) is 10.2 Å². The van der Waals surface area contributed by atoms with Crippen molar-refractivity contribution >= 4 is 17.5 Å². The lowest BCUT2D eigenvalue weighted by molar-refractivity contribution is -0.126. The summed E-state index contributed by atoms with van der Waals surface area (Å²) in [4.78, 5) is 14.4. The minimum atomic E-state index is -0.0445. The molecule has 1 N–H and O–H groups in total. The van der Waals surface area contributed by atoms with Gasteiger partial charge in [0.25, 0.3) is 0 Å². The summed E-state index contributed by atoms with van der Waals surface area (Å²) in [5.41, 5.74) is 0.910. The zero-order valence-corrected chi connectivity index (χ0v) is 13.5. The Balaban J connectivity index is 1.30. The van der Waals surface area contributed by atoms with E-state index in [0.717, 1.165) is 24.7 Å². The first-order valence-electron chi connectivity index (χ1n) is 8.04. The van der Waals surface area contributed by atoms with Gasteiger partial charge in [-0.25, -0.2) is 0 Å². The van der Waals surface area contributed by atoms with E-state index in [1.807, 2.05) is 24.3 Å². The van der Waals surface area contributed by atoms with Crippen LogP contribution in [-0.4, -0.2) is 43.1 Å². The second-order valence-electron chi connectivity index (χ2n) is 6.27. The molecule has 1 aromatic rings. The summed E-state index contributed by atoms with van der Waals surface area (Å²) in [7, 11) is 0. The highest BCUT2D eigenvalue weighted by molar-refractivity contribution is 6.31. The summed E-state index contributed by atoms with van der Waals surface area (Å²) < 4.78 is 5.44. The van der Waals surface area contributed by atoms with Crippen LogP contribution in [0, 0.1) is 5.92 Å². The van der Waals surface area contributed by atoms with E-state index < -0.39 is 0 Å². The fourth-order valence-corrected chi connectivity index (χ4v) is 3.17. The van der Waals surface area contributed by atoms with Crippen LogP contribution in [0.5, 0.6) is 0 Å². The summed E-state index contributed by atoms with van der Waals surface area (Å²) in [5.74, 6) is 0.546. The van der Waals surface area contributed by atoms with E-state index in [4.69, 9.17) is 16.3 Å². The summed E-state index contributed by atoms with van der Waals surface area (Å²) in [6.07, 6.45) is 3.90. The van der Waals surface area contributed by atoms with E-state index >= 15 is 0 Å². The van der Waals surface area contributed by atoms with Gasteiger partial charge in [-0.15, -0.1) is 0 Å². The number of nitrogens with zero attached hydrogens (tertiary/aromatic N) is 1. The Morgan fingerprint density at radius 3 is 2.91 bits per heavy atom. The zero-order valence-electron chi connectivity index (χ0n) is 12.8. The summed E-state index contributed by atoms with van der Waals surface area (Å²) in [5, 5.41) is 3.66. The smallest absolute Gasteiger partial charge is 0.246 e. The van der Waals surface area contributed by atoms with Gasteiger partial charge in [0.05, 0.1) is 6.61 Å². The highest BCUT2D eigenvalue weighted by atomic mass is 35.5. The van der Waals surface area contributed by atoms with Gasteiger partial charge in [0.2, 0.25) is 5.91 Å². The maximum atomic E-state index is 11.8. The van der Waals surface area contributed by atoms with Crippen LogP contribution in [0.15, 0.2) is 24.3 Å². The number of carbonyl (C=O) groups is 1. The van der Waals surface area contributed by atoms with Gasteiger partial charge in [0.15, 0.2) is 0 Å². The summed E-state index contributed by atoms with van der Waals surface area (Å²) in [6, 6.07) is 8.36. The van der Waals surface area contributed by atoms with Crippen molar-refractivity contribution in [3.05, 3.63) is 34.9 Å². The van der Waals surface area contributed by atoms with Gasteiger partial charge >= 0.3 is 0 Å². The third kappa shape index (κ3) is 4.45. The van der Waals surface area contributed by atoms with Gasteiger partial charge in [0.1, 0.15) is 6.61 Å². The molecule has 22 heavy (non-hydrogen) atoms. The van der Waals surface area contributed by atoms with Gasteiger partial charge in [-0.05, 0) is 43.4 Å². The molecule has 1 aliphatic heterocycles. The Kier molecular flexibility index (Phi) is 5.34. The Morgan fingerprint density at radius 2 is 2.14 bits per heavy atom. The van der Waals surface area contributed by atoms with E-state index in [0.29, 0.717) is 17.5 Å². The lowest BCUT2D eigenvalue weighted by Gasteiger charge is -2.15. The van der Waals surface area contributed by atoms with E-state index in [-0.39, 0.29) is 12.5 Å². The van der Waals surface area contributed by atoms with Crippen LogP contribution < -0.4 is 5.32 Å². The van der Waals surface area contributed by atoms with Crippen LogP contribution in [0.1, 0.15) is 24.8 Å². The molecule has 3 rings (SSSR count). The third-order valence-corrected chi connectivity index (χ3v) is 4.79. The van der Waals surface area contributed by atoms with Gasteiger partial charge in [0, 0.05) is 24.2 Å². The van der Waals surface area contributed by atoms with Crippen molar-refractivity contribution in [2.45, 2.75) is 31.9 Å². The maximum Gasteiger partial charge on any atom is 0.246 e. The number of benzene rings is 1. The number of nitrogens with one attached hydrogen (secondary N) is 1. The minimum Gasteiger partial charge on any atom is -0.367 e. The first kappa shape index (κ1) is 15.8. The molecular weight excluding hydrogens is 300 g/mol. The fraction of sp³-hybridized carbons (Fsp3) is 0.588. The van der Waals surface area contributed by atoms with Crippen LogP contribution in [0.25, 0.3) is 0 Å². The lowest BCUT2D eigenvalue weighted by atomic mass is 10.1. The number of likely N-dealkylation sites (tertiary alicyclic amines) is 1. The number of ether oxygens (including phenoxy) is 1. The molecule has 1 amide bonds. The van der Waals surface area contributed by atoms with Crippen molar-refractivity contribution in [3.63, 3.8) is 0 Å². The van der Waals surface area contributed by atoms with Crippen molar-refractivity contribution in [1.29, 1.82) is 0 Å². The van der Waals surface area contributed by atoms with Crippen molar-refractivity contribution in [2.24, 2.45) is 5.92 Å². The molecule has 1 saturated heterocycles. The topological polar surface area (TPSA) is 41.6 Å². The van der Waals surface area contributed by atoms with Crippen LogP contribution >= 0.6 is 11.6 Å². The molecule has 2 aliphatic rings. The molecule has 1 aromatic carbocycles. The van der Waals surface area contributed by atoms with E-state index in [9.17, 15) is 4.79 Å². The summed E-state index contributed by atoms with van der Waals surface area (Å²) >= 11 is 6.05. The zero-order chi connectivity index (χ0) is 15.4. The lowest BCUT2D eigenvalue weighted by Crippen LogP contribution is -2.33. The molecule has 1 heterocycles.